The van der Waals surface area contributed by atoms with Gasteiger partial charge < -0.3 is 10.1 Å². The van der Waals surface area contributed by atoms with E-state index in [2.05, 4.69) is 19.2 Å². The first-order chi connectivity index (χ1) is 8.67. The number of rotatable bonds is 8. The van der Waals surface area contributed by atoms with Gasteiger partial charge in [0.15, 0.2) is 11.6 Å². The van der Waals surface area contributed by atoms with Gasteiger partial charge in [0.05, 0.1) is 0 Å². The molecule has 0 aromatic heterocycles. The van der Waals surface area contributed by atoms with Gasteiger partial charge in [0.25, 0.3) is 0 Å². The smallest absolute Gasteiger partial charge is 0.167 e. The van der Waals surface area contributed by atoms with Crippen LogP contribution in [0.4, 0.5) is 8.78 Å². The quantitative estimate of drug-likeness (QED) is 0.719. The molecule has 4 heteroatoms. The molecule has 0 aliphatic rings. The first-order valence-corrected chi connectivity index (χ1v) is 6.49. The second kappa shape index (κ2) is 8.03. The van der Waals surface area contributed by atoms with Crippen molar-refractivity contribution in [3.8, 4) is 5.75 Å². The van der Waals surface area contributed by atoms with Gasteiger partial charge in [0.2, 0.25) is 0 Å². The molecular formula is C14H21F2NO. The molecule has 0 aliphatic heterocycles. The summed E-state index contributed by atoms with van der Waals surface area (Å²) < 4.78 is 31.8. The Morgan fingerprint density at radius 1 is 1.22 bits per heavy atom. The molecule has 0 heterocycles. The maximum atomic E-state index is 13.5. The van der Waals surface area contributed by atoms with Crippen molar-refractivity contribution in [3.05, 3.63) is 29.8 Å². The molecule has 0 amide bonds. The van der Waals surface area contributed by atoms with Crippen LogP contribution in [0, 0.1) is 11.6 Å². The van der Waals surface area contributed by atoms with E-state index in [1.54, 1.807) is 0 Å². The van der Waals surface area contributed by atoms with Crippen molar-refractivity contribution in [1.82, 2.24) is 5.32 Å². The van der Waals surface area contributed by atoms with E-state index in [9.17, 15) is 8.78 Å². The van der Waals surface area contributed by atoms with Gasteiger partial charge in [0, 0.05) is 12.6 Å². The molecule has 1 unspecified atom stereocenters. The molecule has 1 rings (SSSR count). The Balaban J connectivity index is 2.58. The van der Waals surface area contributed by atoms with Gasteiger partial charge in [-0.05, 0) is 31.5 Å². The van der Waals surface area contributed by atoms with Crippen molar-refractivity contribution in [2.24, 2.45) is 0 Å². The van der Waals surface area contributed by atoms with Gasteiger partial charge in [-0.3, -0.25) is 0 Å². The molecular weight excluding hydrogens is 236 g/mol. The zero-order valence-corrected chi connectivity index (χ0v) is 11.0. The lowest BCUT2D eigenvalue weighted by molar-refractivity contribution is 0.178. The number of benzene rings is 1. The van der Waals surface area contributed by atoms with Crippen LogP contribution in [0.1, 0.15) is 33.1 Å². The minimum Gasteiger partial charge on any atom is -0.486 e. The summed E-state index contributed by atoms with van der Waals surface area (Å²) in [6.45, 7) is 5.73. The van der Waals surface area contributed by atoms with E-state index in [1.807, 2.05) is 0 Å². The average Bonchev–Trinajstić information content (AvgIpc) is 2.33. The lowest BCUT2D eigenvalue weighted by Gasteiger charge is -2.19. The largest absolute Gasteiger partial charge is 0.486 e. The van der Waals surface area contributed by atoms with Crippen LogP contribution in [0.2, 0.25) is 0 Å². The minimum absolute atomic E-state index is 0.0819. The number of hydrogen-bond donors (Lipinski definition) is 1. The summed E-state index contributed by atoms with van der Waals surface area (Å²) in [5.41, 5.74) is 0. The van der Waals surface area contributed by atoms with E-state index < -0.39 is 11.6 Å². The zero-order valence-electron chi connectivity index (χ0n) is 11.0. The Hall–Kier alpha value is -1.16. The second-order valence-corrected chi connectivity index (χ2v) is 4.31. The summed E-state index contributed by atoms with van der Waals surface area (Å²) in [7, 11) is 0. The fourth-order valence-electron chi connectivity index (χ4n) is 1.71. The number of ether oxygens (including phenoxy) is 1. The predicted molar refractivity (Wildman–Crippen MR) is 68.8 cm³/mol. The van der Waals surface area contributed by atoms with Crippen LogP contribution in [0.5, 0.6) is 5.75 Å². The van der Waals surface area contributed by atoms with Gasteiger partial charge in [0.1, 0.15) is 11.9 Å². The highest BCUT2D eigenvalue weighted by atomic mass is 19.1. The van der Waals surface area contributed by atoms with Gasteiger partial charge in [-0.2, -0.15) is 0 Å². The van der Waals surface area contributed by atoms with Crippen molar-refractivity contribution < 1.29 is 13.5 Å². The number of hydrogen-bond acceptors (Lipinski definition) is 2. The third-order valence-corrected chi connectivity index (χ3v) is 2.60. The van der Waals surface area contributed by atoms with Crippen LogP contribution >= 0.6 is 0 Å². The Morgan fingerprint density at radius 2 is 2.00 bits per heavy atom. The van der Waals surface area contributed by atoms with Crippen LogP contribution in [-0.2, 0) is 0 Å². The molecule has 0 radical (unpaired) electrons. The normalized spacial score (nSPS) is 12.4. The molecule has 0 saturated carbocycles. The highest BCUT2D eigenvalue weighted by Gasteiger charge is 2.12. The second-order valence-electron chi connectivity index (χ2n) is 4.31. The van der Waals surface area contributed by atoms with Gasteiger partial charge in [-0.25, -0.2) is 8.78 Å². The maximum absolute atomic E-state index is 13.5. The third kappa shape index (κ3) is 5.00. The predicted octanol–water partition coefficient (Wildman–Crippen LogP) is 3.51. The molecule has 0 spiro atoms. The van der Waals surface area contributed by atoms with Crippen molar-refractivity contribution in [2.45, 2.75) is 39.2 Å². The Kier molecular flexibility index (Phi) is 6.65. The molecule has 2 nitrogen and oxygen atoms in total. The van der Waals surface area contributed by atoms with E-state index in [0.29, 0.717) is 6.54 Å². The van der Waals surface area contributed by atoms with Crippen molar-refractivity contribution in [3.63, 3.8) is 0 Å². The lowest BCUT2D eigenvalue weighted by atomic mass is 10.2. The highest BCUT2D eigenvalue weighted by molar-refractivity contribution is 5.24. The molecule has 0 aliphatic carbocycles. The van der Waals surface area contributed by atoms with Crippen molar-refractivity contribution >= 4 is 0 Å². The van der Waals surface area contributed by atoms with Gasteiger partial charge in [-0.1, -0.05) is 20.3 Å². The fraction of sp³-hybridized carbons (Fsp3) is 0.571. The lowest BCUT2D eigenvalue weighted by Crippen LogP contribution is -2.32. The maximum Gasteiger partial charge on any atom is 0.167 e. The van der Waals surface area contributed by atoms with E-state index >= 15 is 0 Å². The number of halogens is 2. The van der Waals surface area contributed by atoms with Gasteiger partial charge >= 0.3 is 0 Å². The summed E-state index contributed by atoms with van der Waals surface area (Å²) in [4.78, 5) is 0. The topological polar surface area (TPSA) is 21.3 Å². The number of nitrogens with one attached hydrogen (secondary N) is 1. The average molecular weight is 257 g/mol. The molecule has 1 N–H and O–H groups in total. The molecule has 0 fully saturated rings. The SMILES string of the molecule is CCCNCC(CCC)Oc1ccc(F)cc1F. The van der Waals surface area contributed by atoms with Crippen LogP contribution in [-0.4, -0.2) is 19.2 Å². The van der Waals surface area contributed by atoms with E-state index in [0.717, 1.165) is 31.9 Å². The first-order valence-electron chi connectivity index (χ1n) is 6.49. The van der Waals surface area contributed by atoms with Crippen LogP contribution in [0.3, 0.4) is 0 Å². The van der Waals surface area contributed by atoms with Crippen molar-refractivity contribution in [2.75, 3.05) is 13.1 Å². The van der Waals surface area contributed by atoms with Crippen molar-refractivity contribution in [1.29, 1.82) is 0 Å². The summed E-state index contributed by atoms with van der Waals surface area (Å²) in [5, 5.41) is 3.25. The molecule has 102 valence electrons. The third-order valence-electron chi connectivity index (χ3n) is 2.60. The fourth-order valence-corrected chi connectivity index (χ4v) is 1.71. The van der Waals surface area contributed by atoms with Crippen LogP contribution in [0.25, 0.3) is 0 Å². The molecule has 1 atom stereocenters. The van der Waals surface area contributed by atoms with Gasteiger partial charge in [-0.15, -0.1) is 0 Å². The summed E-state index contributed by atoms with van der Waals surface area (Å²) in [6.07, 6.45) is 2.76. The van der Waals surface area contributed by atoms with Crippen LogP contribution < -0.4 is 10.1 Å². The minimum atomic E-state index is -0.647. The molecule has 0 bridgehead atoms. The van der Waals surface area contributed by atoms with E-state index in [1.165, 1.54) is 12.1 Å². The Labute approximate surface area is 107 Å². The summed E-state index contributed by atoms with van der Waals surface area (Å²) >= 11 is 0. The standard InChI is InChI=1S/C14H21F2NO/c1-3-5-12(10-17-8-4-2)18-14-7-6-11(15)9-13(14)16/h6-7,9,12,17H,3-5,8,10H2,1-2H3. The monoisotopic (exact) mass is 257 g/mol. The van der Waals surface area contributed by atoms with E-state index in [4.69, 9.17) is 4.74 Å². The van der Waals surface area contributed by atoms with E-state index in [-0.39, 0.29) is 11.9 Å². The molecule has 1 aromatic carbocycles. The Morgan fingerprint density at radius 3 is 2.61 bits per heavy atom. The Bertz CT molecular complexity index is 358. The zero-order chi connectivity index (χ0) is 13.4. The first kappa shape index (κ1) is 14.9. The highest BCUT2D eigenvalue weighted by Crippen LogP contribution is 2.20. The molecule has 1 aromatic rings. The van der Waals surface area contributed by atoms with Crippen LogP contribution in [0.15, 0.2) is 18.2 Å². The molecule has 18 heavy (non-hydrogen) atoms. The summed E-state index contributed by atoms with van der Waals surface area (Å²) in [6, 6.07) is 3.39. The molecule has 0 saturated heterocycles. The summed E-state index contributed by atoms with van der Waals surface area (Å²) in [5.74, 6) is -1.12.